The van der Waals surface area contributed by atoms with Gasteiger partial charge in [-0.25, -0.2) is 0 Å². The number of carbonyl (C=O) groups excluding carboxylic acids is 2. The summed E-state index contributed by atoms with van der Waals surface area (Å²) >= 11 is 0. The largest absolute Gasteiger partial charge is 0.379 e. The maximum atomic E-state index is 12.9. The average molecular weight is 282 g/mol. The van der Waals surface area contributed by atoms with E-state index in [9.17, 15) is 9.59 Å². The third-order valence-electron chi connectivity index (χ3n) is 4.44. The maximum Gasteiger partial charge on any atom is 0.249 e. The van der Waals surface area contributed by atoms with Crippen LogP contribution in [0.3, 0.4) is 0 Å². The second-order valence-corrected chi connectivity index (χ2v) is 6.55. The molecule has 5 nitrogen and oxygen atoms in total. The van der Waals surface area contributed by atoms with Crippen molar-refractivity contribution in [2.24, 2.45) is 5.92 Å². The van der Waals surface area contributed by atoms with Crippen LogP contribution in [0.5, 0.6) is 0 Å². The van der Waals surface area contributed by atoms with E-state index >= 15 is 0 Å². The molecule has 0 saturated carbocycles. The molecule has 0 aromatic heterocycles. The van der Waals surface area contributed by atoms with E-state index in [1.165, 1.54) is 0 Å². The molecule has 2 aliphatic heterocycles. The Morgan fingerprint density at radius 3 is 2.65 bits per heavy atom. The molecular weight excluding hydrogens is 256 g/mol. The first-order chi connectivity index (χ1) is 9.39. The number of ether oxygens (including phenoxy) is 1. The first-order valence-electron chi connectivity index (χ1n) is 7.61. The molecule has 0 aliphatic carbocycles. The number of nitrogens with zero attached hydrogens (tertiary/aromatic N) is 1. The van der Waals surface area contributed by atoms with E-state index in [0.29, 0.717) is 32.0 Å². The molecule has 2 amide bonds. The number of carbonyl (C=O) groups is 2. The zero-order valence-corrected chi connectivity index (χ0v) is 12.9. The van der Waals surface area contributed by atoms with E-state index in [1.807, 2.05) is 18.7 Å². The summed E-state index contributed by atoms with van der Waals surface area (Å²) in [6.07, 6.45) is 2.14. The Hall–Kier alpha value is -1.10. The molecule has 0 aromatic carbocycles. The van der Waals surface area contributed by atoms with Crippen LogP contribution in [0.15, 0.2) is 0 Å². The van der Waals surface area contributed by atoms with Crippen LogP contribution < -0.4 is 5.32 Å². The topological polar surface area (TPSA) is 58.6 Å². The van der Waals surface area contributed by atoms with E-state index in [0.717, 1.165) is 6.42 Å². The van der Waals surface area contributed by atoms with E-state index < -0.39 is 5.54 Å². The Balaban J connectivity index is 2.30. The second-order valence-electron chi connectivity index (χ2n) is 6.55. The fourth-order valence-electron chi connectivity index (χ4n) is 3.03. The zero-order chi connectivity index (χ0) is 14.9. The van der Waals surface area contributed by atoms with Gasteiger partial charge in [-0.15, -0.1) is 0 Å². The molecule has 20 heavy (non-hydrogen) atoms. The molecule has 3 atom stereocenters. The highest BCUT2D eigenvalue weighted by Crippen LogP contribution is 2.29. The molecule has 2 fully saturated rings. The lowest BCUT2D eigenvalue weighted by Gasteiger charge is -2.46. The number of rotatable bonds is 4. The van der Waals surface area contributed by atoms with Gasteiger partial charge in [0.15, 0.2) is 0 Å². The SMILES string of the molecule is CCC1(C)NC(=O)C(CC(C)C)N(C2CCOC2)C1=O. The molecule has 1 N–H and O–H groups in total. The second kappa shape index (κ2) is 5.72. The molecule has 2 heterocycles. The predicted molar refractivity (Wildman–Crippen MR) is 76.2 cm³/mol. The van der Waals surface area contributed by atoms with Crippen LogP contribution in [0.25, 0.3) is 0 Å². The highest BCUT2D eigenvalue weighted by atomic mass is 16.5. The highest BCUT2D eigenvalue weighted by molar-refractivity contribution is 5.99. The number of amides is 2. The van der Waals surface area contributed by atoms with Crippen molar-refractivity contribution in [3.05, 3.63) is 0 Å². The number of hydrogen-bond donors (Lipinski definition) is 1. The molecule has 0 spiro atoms. The molecule has 2 aliphatic rings. The predicted octanol–water partition coefficient (Wildman–Crippen LogP) is 1.32. The number of nitrogens with one attached hydrogen (secondary N) is 1. The van der Waals surface area contributed by atoms with E-state index in [4.69, 9.17) is 4.74 Å². The zero-order valence-electron chi connectivity index (χ0n) is 12.9. The van der Waals surface area contributed by atoms with Gasteiger partial charge in [0.1, 0.15) is 11.6 Å². The molecule has 0 aromatic rings. The van der Waals surface area contributed by atoms with Crippen LogP contribution in [-0.4, -0.2) is 47.6 Å². The van der Waals surface area contributed by atoms with Gasteiger partial charge in [0.2, 0.25) is 11.8 Å². The van der Waals surface area contributed by atoms with Crippen molar-refractivity contribution >= 4 is 11.8 Å². The van der Waals surface area contributed by atoms with Gasteiger partial charge in [0.05, 0.1) is 12.6 Å². The third kappa shape index (κ3) is 2.68. The van der Waals surface area contributed by atoms with Crippen LogP contribution in [-0.2, 0) is 14.3 Å². The molecule has 2 saturated heterocycles. The van der Waals surface area contributed by atoms with Gasteiger partial charge in [-0.1, -0.05) is 20.8 Å². The van der Waals surface area contributed by atoms with E-state index in [-0.39, 0.29) is 23.9 Å². The monoisotopic (exact) mass is 282 g/mol. The van der Waals surface area contributed by atoms with Crippen molar-refractivity contribution in [2.45, 2.75) is 64.6 Å². The summed E-state index contributed by atoms with van der Waals surface area (Å²) in [4.78, 5) is 27.1. The summed E-state index contributed by atoms with van der Waals surface area (Å²) in [5.74, 6) is 0.393. The van der Waals surface area contributed by atoms with Crippen molar-refractivity contribution < 1.29 is 14.3 Å². The van der Waals surface area contributed by atoms with Crippen LogP contribution in [0, 0.1) is 5.92 Å². The Kier molecular flexibility index (Phi) is 4.37. The summed E-state index contributed by atoms with van der Waals surface area (Å²) in [6, 6.07) is -0.308. The van der Waals surface area contributed by atoms with Gasteiger partial charge in [0, 0.05) is 6.61 Å². The first kappa shape index (κ1) is 15.3. The molecule has 114 valence electrons. The van der Waals surface area contributed by atoms with E-state index in [1.54, 1.807) is 0 Å². The summed E-state index contributed by atoms with van der Waals surface area (Å²) in [5.41, 5.74) is -0.771. The lowest BCUT2D eigenvalue weighted by Crippen LogP contribution is -2.71. The quantitative estimate of drug-likeness (QED) is 0.846. The minimum atomic E-state index is -0.771. The standard InChI is InChI=1S/C15H26N2O3/c1-5-15(4)14(19)17(11-6-7-20-9-11)12(8-10(2)3)13(18)16-15/h10-12H,5-9H2,1-4H3,(H,16,18). The molecule has 3 unspecified atom stereocenters. The Bertz CT molecular complexity index is 391. The smallest absolute Gasteiger partial charge is 0.249 e. The van der Waals surface area contributed by atoms with Gasteiger partial charge >= 0.3 is 0 Å². The average Bonchev–Trinajstić information content (AvgIpc) is 2.89. The fourth-order valence-corrected chi connectivity index (χ4v) is 3.03. The maximum absolute atomic E-state index is 12.9. The van der Waals surface area contributed by atoms with Gasteiger partial charge in [-0.05, 0) is 32.1 Å². The molecule has 2 rings (SSSR count). The minimum absolute atomic E-state index is 0.0189. The van der Waals surface area contributed by atoms with Crippen LogP contribution in [0.1, 0.15) is 47.0 Å². The Morgan fingerprint density at radius 1 is 1.45 bits per heavy atom. The van der Waals surface area contributed by atoms with Crippen LogP contribution in [0.4, 0.5) is 0 Å². The lowest BCUT2D eigenvalue weighted by atomic mass is 9.88. The normalized spacial score (nSPS) is 34.8. The van der Waals surface area contributed by atoms with Crippen molar-refractivity contribution in [3.63, 3.8) is 0 Å². The summed E-state index contributed by atoms with van der Waals surface area (Å²) in [6.45, 7) is 9.13. The van der Waals surface area contributed by atoms with Gasteiger partial charge in [0.25, 0.3) is 0 Å². The Morgan fingerprint density at radius 2 is 2.15 bits per heavy atom. The lowest BCUT2D eigenvalue weighted by molar-refractivity contribution is -0.158. The Labute approximate surface area is 121 Å². The molecule has 0 bridgehead atoms. The fraction of sp³-hybridized carbons (Fsp3) is 0.867. The van der Waals surface area contributed by atoms with Crippen molar-refractivity contribution in [2.75, 3.05) is 13.2 Å². The number of hydrogen-bond acceptors (Lipinski definition) is 3. The summed E-state index contributed by atoms with van der Waals surface area (Å²) in [5, 5.41) is 2.93. The number of piperazine rings is 1. The van der Waals surface area contributed by atoms with Crippen molar-refractivity contribution in [1.82, 2.24) is 10.2 Å². The summed E-state index contributed by atoms with van der Waals surface area (Å²) in [7, 11) is 0. The molecule has 5 heteroatoms. The van der Waals surface area contributed by atoms with Crippen LogP contribution >= 0.6 is 0 Å². The van der Waals surface area contributed by atoms with Gasteiger partial charge in [-0.2, -0.15) is 0 Å². The first-order valence-corrected chi connectivity index (χ1v) is 7.61. The summed E-state index contributed by atoms with van der Waals surface area (Å²) < 4.78 is 5.42. The van der Waals surface area contributed by atoms with Crippen molar-refractivity contribution in [1.29, 1.82) is 0 Å². The van der Waals surface area contributed by atoms with Gasteiger partial charge < -0.3 is 15.0 Å². The van der Waals surface area contributed by atoms with Crippen LogP contribution in [0.2, 0.25) is 0 Å². The molecule has 0 radical (unpaired) electrons. The minimum Gasteiger partial charge on any atom is -0.379 e. The van der Waals surface area contributed by atoms with E-state index in [2.05, 4.69) is 19.2 Å². The highest BCUT2D eigenvalue weighted by Gasteiger charge is 2.49. The third-order valence-corrected chi connectivity index (χ3v) is 4.44. The molecular formula is C15H26N2O3. The van der Waals surface area contributed by atoms with Crippen molar-refractivity contribution in [3.8, 4) is 0 Å². The van der Waals surface area contributed by atoms with Gasteiger partial charge in [-0.3, -0.25) is 9.59 Å².